The van der Waals surface area contributed by atoms with E-state index in [0.717, 1.165) is 28.6 Å². The first-order valence-electron chi connectivity index (χ1n) is 7.47. The summed E-state index contributed by atoms with van der Waals surface area (Å²) in [6, 6.07) is 13.5. The monoisotopic (exact) mass is 393 g/mol. The van der Waals surface area contributed by atoms with Crippen molar-refractivity contribution in [2.45, 2.75) is 25.4 Å². The lowest BCUT2D eigenvalue weighted by Crippen LogP contribution is -2.32. The zero-order chi connectivity index (χ0) is 16.4. The zero-order valence-corrected chi connectivity index (χ0v) is 15.1. The van der Waals surface area contributed by atoms with Crippen molar-refractivity contribution in [1.29, 1.82) is 0 Å². The fourth-order valence-electron chi connectivity index (χ4n) is 2.50. The largest absolute Gasteiger partial charge is 0.497 e. The van der Waals surface area contributed by atoms with Gasteiger partial charge in [-0.3, -0.25) is 4.79 Å². The van der Waals surface area contributed by atoms with Crippen LogP contribution in [-0.4, -0.2) is 24.0 Å². The molecule has 0 heterocycles. The van der Waals surface area contributed by atoms with Gasteiger partial charge in [-0.05, 0) is 48.7 Å². The second-order valence-electron chi connectivity index (χ2n) is 5.64. The Morgan fingerprint density at radius 2 is 1.96 bits per heavy atom. The summed E-state index contributed by atoms with van der Waals surface area (Å²) >= 11 is 9.62. The summed E-state index contributed by atoms with van der Waals surface area (Å²) in [5.74, 6) is 0.794. The van der Waals surface area contributed by atoms with Gasteiger partial charge in [0.2, 0.25) is 0 Å². The number of carbonyl (C=O) groups excluding carboxylic acids is 1. The molecule has 0 atom stereocenters. The van der Waals surface area contributed by atoms with Gasteiger partial charge in [-0.15, -0.1) is 0 Å². The Hall–Kier alpha value is -1.52. The van der Waals surface area contributed by atoms with Crippen molar-refractivity contribution in [2.75, 3.05) is 7.11 Å². The molecule has 1 fully saturated rings. The van der Waals surface area contributed by atoms with E-state index >= 15 is 0 Å². The number of benzene rings is 2. The smallest absolute Gasteiger partial charge is 0.255 e. The van der Waals surface area contributed by atoms with Crippen molar-refractivity contribution in [3.63, 3.8) is 0 Å². The van der Waals surface area contributed by atoms with Crippen LogP contribution in [0, 0.1) is 0 Å². The standard InChI is InChI=1S/C18H17BrClNO2/c1-23-15-7-2-12(3-8-15)11-21(14-5-6-14)18(22)16-10-13(19)4-9-17(16)20/h2-4,7-10,14H,5-6,11H2,1H3. The number of ether oxygens (including phenoxy) is 1. The second kappa shape index (κ2) is 6.93. The second-order valence-corrected chi connectivity index (χ2v) is 6.96. The molecular formula is C18H17BrClNO2. The van der Waals surface area contributed by atoms with Gasteiger partial charge in [-0.1, -0.05) is 39.7 Å². The quantitative estimate of drug-likeness (QED) is 0.720. The first-order valence-corrected chi connectivity index (χ1v) is 8.64. The van der Waals surface area contributed by atoms with Crippen LogP contribution in [0.1, 0.15) is 28.8 Å². The highest BCUT2D eigenvalue weighted by molar-refractivity contribution is 9.10. The molecule has 0 N–H and O–H groups in total. The molecule has 3 nitrogen and oxygen atoms in total. The average molecular weight is 395 g/mol. The summed E-state index contributed by atoms with van der Waals surface area (Å²) in [5, 5.41) is 0.485. The molecule has 0 saturated heterocycles. The molecule has 0 aromatic heterocycles. The molecule has 1 saturated carbocycles. The summed E-state index contributed by atoms with van der Waals surface area (Å²) in [5.41, 5.74) is 1.62. The van der Waals surface area contributed by atoms with Gasteiger partial charge < -0.3 is 9.64 Å². The van der Waals surface area contributed by atoms with Crippen molar-refractivity contribution in [3.8, 4) is 5.75 Å². The number of amides is 1. The van der Waals surface area contributed by atoms with Crippen LogP contribution in [0.15, 0.2) is 46.9 Å². The molecular weight excluding hydrogens is 378 g/mol. The van der Waals surface area contributed by atoms with Gasteiger partial charge in [-0.25, -0.2) is 0 Å². The Labute approximate surface area is 149 Å². The zero-order valence-electron chi connectivity index (χ0n) is 12.8. The third kappa shape index (κ3) is 3.88. The van der Waals surface area contributed by atoms with Gasteiger partial charge in [0.25, 0.3) is 5.91 Å². The van der Waals surface area contributed by atoms with Crippen LogP contribution in [-0.2, 0) is 6.54 Å². The SMILES string of the molecule is COc1ccc(CN(C(=O)c2cc(Br)ccc2Cl)C2CC2)cc1. The van der Waals surface area contributed by atoms with Crippen LogP contribution >= 0.6 is 27.5 Å². The number of halogens is 2. The van der Waals surface area contributed by atoms with Crippen molar-refractivity contribution in [3.05, 3.63) is 63.1 Å². The van der Waals surface area contributed by atoms with E-state index in [4.69, 9.17) is 16.3 Å². The van der Waals surface area contributed by atoms with Crippen LogP contribution < -0.4 is 4.74 Å². The van der Waals surface area contributed by atoms with Crippen molar-refractivity contribution in [1.82, 2.24) is 4.90 Å². The number of rotatable bonds is 5. The van der Waals surface area contributed by atoms with Gasteiger partial charge in [0.1, 0.15) is 5.75 Å². The van der Waals surface area contributed by atoms with Crippen LogP contribution in [0.2, 0.25) is 5.02 Å². The van der Waals surface area contributed by atoms with Crippen LogP contribution in [0.4, 0.5) is 0 Å². The minimum absolute atomic E-state index is 0.0189. The Morgan fingerprint density at radius 1 is 1.26 bits per heavy atom. The van der Waals surface area contributed by atoms with E-state index in [2.05, 4.69) is 15.9 Å². The van der Waals surface area contributed by atoms with E-state index < -0.39 is 0 Å². The summed E-state index contributed by atoms with van der Waals surface area (Å²) in [7, 11) is 1.64. The third-order valence-electron chi connectivity index (χ3n) is 3.92. The predicted molar refractivity (Wildman–Crippen MR) is 95.0 cm³/mol. The molecule has 0 spiro atoms. The van der Waals surface area contributed by atoms with E-state index in [1.807, 2.05) is 35.2 Å². The number of carbonyl (C=O) groups is 1. The Bertz CT molecular complexity index is 713. The molecule has 1 amide bonds. The summed E-state index contributed by atoms with van der Waals surface area (Å²) in [6.45, 7) is 0.580. The van der Waals surface area contributed by atoms with E-state index in [1.54, 1.807) is 19.2 Å². The van der Waals surface area contributed by atoms with Crippen LogP contribution in [0.25, 0.3) is 0 Å². The fraction of sp³-hybridized carbons (Fsp3) is 0.278. The number of methoxy groups -OCH3 is 1. The Balaban J connectivity index is 1.83. The molecule has 0 radical (unpaired) electrons. The molecule has 0 bridgehead atoms. The van der Waals surface area contributed by atoms with E-state index in [1.165, 1.54) is 0 Å². The highest BCUT2D eigenvalue weighted by Gasteiger charge is 2.33. The van der Waals surface area contributed by atoms with Crippen molar-refractivity contribution < 1.29 is 9.53 Å². The van der Waals surface area contributed by atoms with Gasteiger partial charge in [0, 0.05) is 17.1 Å². The predicted octanol–water partition coefficient (Wildman–Crippen LogP) is 4.92. The lowest BCUT2D eigenvalue weighted by Gasteiger charge is -2.23. The Kier molecular flexibility index (Phi) is 4.93. The molecule has 5 heteroatoms. The van der Waals surface area contributed by atoms with E-state index in [-0.39, 0.29) is 5.91 Å². The number of hydrogen-bond acceptors (Lipinski definition) is 2. The molecule has 1 aliphatic carbocycles. The van der Waals surface area contributed by atoms with Gasteiger partial charge >= 0.3 is 0 Å². The van der Waals surface area contributed by atoms with Crippen molar-refractivity contribution in [2.24, 2.45) is 0 Å². The molecule has 0 aliphatic heterocycles. The maximum atomic E-state index is 12.9. The Morgan fingerprint density at radius 3 is 2.57 bits per heavy atom. The number of hydrogen-bond donors (Lipinski definition) is 0. The molecule has 0 unspecified atom stereocenters. The van der Waals surface area contributed by atoms with Crippen LogP contribution in [0.5, 0.6) is 5.75 Å². The minimum atomic E-state index is -0.0189. The summed E-state index contributed by atoms with van der Waals surface area (Å²) in [6.07, 6.45) is 2.10. The maximum absolute atomic E-state index is 12.9. The summed E-state index contributed by atoms with van der Waals surface area (Å²) in [4.78, 5) is 14.8. The lowest BCUT2D eigenvalue weighted by atomic mass is 10.1. The molecule has 120 valence electrons. The first kappa shape index (κ1) is 16.3. The average Bonchev–Trinajstić information content (AvgIpc) is 3.39. The minimum Gasteiger partial charge on any atom is -0.497 e. The van der Waals surface area contributed by atoms with E-state index in [9.17, 15) is 4.79 Å². The van der Waals surface area contributed by atoms with Gasteiger partial charge in [0.15, 0.2) is 0 Å². The first-order chi connectivity index (χ1) is 11.1. The molecule has 2 aromatic rings. The van der Waals surface area contributed by atoms with Gasteiger partial charge in [0.05, 0.1) is 17.7 Å². The highest BCUT2D eigenvalue weighted by atomic mass is 79.9. The number of nitrogens with zero attached hydrogens (tertiary/aromatic N) is 1. The third-order valence-corrected chi connectivity index (χ3v) is 4.74. The highest BCUT2D eigenvalue weighted by Crippen LogP contribution is 2.32. The topological polar surface area (TPSA) is 29.5 Å². The normalized spacial score (nSPS) is 13.7. The van der Waals surface area contributed by atoms with Gasteiger partial charge in [-0.2, -0.15) is 0 Å². The molecule has 23 heavy (non-hydrogen) atoms. The maximum Gasteiger partial charge on any atom is 0.255 e. The summed E-state index contributed by atoms with van der Waals surface area (Å²) < 4.78 is 6.03. The van der Waals surface area contributed by atoms with E-state index in [0.29, 0.717) is 23.2 Å². The lowest BCUT2D eigenvalue weighted by molar-refractivity contribution is 0.0730. The van der Waals surface area contributed by atoms with Crippen LogP contribution in [0.3, 0.4) is 0 Å². The molecule has 3 rings (SSSR count). The molecule has 1 aliphatic rings. The van der Waals surface area contributed by atoms with Crippen molar-refractivity contribution >= 4 is 33.4 Å². The fourth-order valence-corrected chi connectivity index (χ4v) is 3.06. The molecule has 2 aromatic carbocycles.